The molecule has 2 aromatic rings. The normalized spacial score (nSPS) is 11.2. The Bertz CT molecular complexity index is 840. The van der Waals surface area contributed by atoms with E-state index in [1.807, 2.05) is 62.4 Å². The van der Waals surface area contributed by atoms with Gasteiger partial charge in [0.2, 0.25) is 5.91 Å². The van der Waals surface area contributed by atoms with Gasteiger partial charge in [0.05, 0.1) is 0 Å². The Kier molecular flexibility index (Phi) is 7.95. The summed E-state index contributed by atoms with van der Waals surface area (Å²) in [5.41, 5.74) is 8.27. The number of thiocarbonyl (C=S) groups is 1. The number of hydrazine groups is 1. The van der Waals surface area contributed by atoms with Crippen molar-refractivity contribution in [3.63, 3.8) is 0 Å². The van der Waals surface area contributed by atoms with E-state index in [0.717, 1.165) is 16.7 Å². The van der Waals surface area contributed by atoms with Gasteiger partial charge in [0.15, 0.2) is 11.2 Å². The Morgan fingerprint density at radius 1 is 1.04 bits per heavy atom. The molecule has 0 radical (unpaired) electrons. The molecule has 7 heteroatoms. The number of hydrogen-bond donors (Lipinski definition) is 3. The van der Waals surface area contributed by atoms with E-state index in [1.54, 1.807) is 6.92 Å². The molecule has 1 atom stereocenters. The highest BCUT2D eigenvalue weighted by atomic mass is 32.1. The highest BCUT2D eigenvalue weighted by Crippen LogP contribution is 2.17. The molecule has 0 aromatic heterocycles. The minimum Gasteiger partial charge on any atom is -0.481 e. The van der Waals surface area contributed by atoms with Crippen molar-refractivity contribution in [2.45, 2.75) is 39.7 Å². The molecule has 0 heterocycles. The van der Waals surface area contributed by atoms with E-state index in [2.05, 4.69) is 16.2 Å². The van der Waals surface area contributed by atoms with Gasteiger partial charge in [-0.15, -0.1) is 0 Å². The van der Waals surface area contributed by atoms with Crippen molar-refractivity contribution in [3.8, 4) is 5.75 Å². The Morgan fingerprint density at radius 2 is 1.75 bits per heavy atom. The lowest BCUT2D eigenvalue weighted by Crippen LogP contribution is -2.51. The zero-order valence-corrected chi connectivity index (χ0v) is 17.1. The lowest BCUT2D eigenvalue weighted by molar-refractivity contribution is -0.128. The van der Waals surface area contributed by atoms with Gasteiger partial charge in [-0.05, 0) is 68.2 Å². The van der Waals surface area contributed by atoms with E-state index in [9.17, 15) is 9.59 Å². The van der Waals surface area contributed by atoms with Crippen LogP contribution in [0.25, 0.3) is 0 Å². The van der Waals surface area contributed by atoms with Gasteiger partial charge in [0, 0.05) is 6.42 Å². The number of carbonyl (C=O) groups is 2. The number of ether oxygens (including phenoxy) is 1. The predicted molar refractivity (Wildman–Crippen MR) is 113 cm³/mol. The topological polar surface area (TPSA) is 79.5 Å². The number of hydrogen-bond acceptors (Lipinski definition) is 4. The molecule has 2 amide bonds. The summed E-state index contributed by atoms with van der Waals surface area (Å²) in [7, 11) is 0. The number of benzene rings is 2. The smallest absolute Gasteiger partial charge is 0.279 e. The number of rotatable bonds is 6. The second-order valence-electron chi connectivity index (χ2n) is 6.48. The van der Waals surface area contributed by atoms with Gasteiger partial charge in [0.25, 0.3) is 5.91 Å². The van der Waals surface area contributed by atoms with E-state index in [-0.39, 0.29) is 11.0 Å². The highest BCUT2D eigenvalue weighted by Gasteiger charge is 2.15. The summed E-state index contributed by atoms with van der Waals surface area (Å²) in [5.74, 6) is -0.0170. The van der Waals surface area contributed by atoms with Crippen LogP contribution in [0.3, 0.4) is 0 Å². The summed E-state index contributed by atoms with van der Waals surface area (Å²) in [6.45, 7) is 5.62. The SMILES string of the molecule is Cc1ccc(OC(C)C(=O)NNC(=S)NC(=O)CCc2ccccc2)cc1C. The number of aryl methyl sites for hydroxylation is 3. The molecule has 2 aromatic carbocycles. The van der Waals surface area contributed by atoms with Crippen LogP contribution in [0.15, 0.2) is 48.5 Å². The van der Waals surface area contributed by atoms with Crippen LogP contribution in [0.1, 0.15) is 30.0 Å². The minimum atomic E-state index is -0.730. The number of amides is 2. The maximum absolute atomic E-state index is 12.1. The first-order valence-corrected chi connectivity index (χ1v) is 9.43. The molecular weight excluding hydrogens is 374 g/mol. The van der Waals surface area contributed by atoms with Crippen LogP contribution in [0.5, 0.6) is 5.75 Å². The molecule has 0 saturated carbocycles. The summed E-state index contributed by atoms with van der Waals surface area (Å²) in [6, 6.07) is 15.3. The first-order chi connectivity index (χ1) is 13.3. The summed E-state index contributed by atoms with van der Waals surface area (Å²) < 4.78 is 5.63. The van der Waals surface area contributed by atoms with Gasteiger partial charge in [-0.25, -0.2) is 0 Å². The third-order valence-electron chi connectivity index (χ3n) is 4.20. The maximum atomic E-state index is 12.1. The van der Waals surface area contributed by atoms with E-state index >= 15 is 0 Å². The molecule has 0 aliphatic heterocycles. The Morgan fingerprint density at radius 3 is 2.43 bits per heavy atom. The monoisotopic (exact) mass is 399 g/mol. The number of carbonyl (C=O) groups excluding carboxylic acids is 2. The first-order valence-electron chi connectivity index (χ1n) is 9.02. The van der Waals surface area contributed by atoms with Crippen LogP contribution in [-0.4, -0.2) is 23.0 Å². The van der Waals surface area contributed by atoms with Gasteiger partial charge in [0.1, 0.15) is 5.75 Å². The van der Waals surface area contributed by atoms with Crippen LogP contribution in [0, 0.1) is 13.8 Å². The first kappa shape index (κ1) is 21.4. The summed E-state index contributed by atoms with van der Waals surface area (Å²) >= 11 is 5.03. The summed E-state index contributed by atoms with van der Waals surface area (Å²) in [6.07, 6.45) is 0.181. The van der Waals surface area contributed by atoms with Crippen molar-refractivity contribution >= 4 is 29.1 Å². The van der Waals surface area contributed by atoms with Gasteiger partial charge < -0.3 is 10.1 Å². The van der Waals surface area contributed by atoms with E-state index in [0.29, 0.717) is 18.6 Å². The molecule has 0 aliphatic carbocycles. The highest BCUT2D eigenvalue weighted by molar-refractivity contribution is 7.80. The van der Waals surface area contributed by atoms with Crippen molar-refractivity contribution in [1.82, 2.24) is 16.2 Å². The van der Waals surface area contributed by atoms with Crippen LogP contribution in [0.2, 0.25) is 0 Å². The molecule has 0 spiro atoms. The van der Waals surface area contributed by atoms with E-state index < -0.39 is 12.0 Å². The van der Waals surface area contributed by atoms with Crippen molar-refractivity contribution in [1.29, 1.82) is 0 Å². The molecule has 3 N–H and O–H groups in total. The summed E-state index contributed by atoms with van der Waals surface area (Å²) in [5, 5.41) is 2.57. The third-order valence-corrected chi connectivity index (χ3v) is 4.40. The molecule has 148 valence electrons. The van der Waals surface area contributed by atoms with E-state index in [4.69, 9.17) is 17.0 Å². The standard InChI is InChI=1S/C21H25N3O3S/c1-14-9-11-18(13-15(14)2)27-16(3)20(26)23-24-21(28)22-19(25)12-10-17-7-5-4-6-8-17/h4-9,11,13,16H,10,12H2,1-3H3,(H,23,26)(H2,22,24,25,28). The van der Waals surface area contributed by atoms with Crippen LogP contribution in [-0.2, 0) is 16.0 Å². The van der Waals surface area contributed by atoms with Crippen LogP contribution >= 0.6 is 12.2 Å². The Labute approximate surface area is 170 Å². The summed E-state index contributed by atoms with van der Waals surface area (Å²) in [4.78, 5) is 24.1. The molecule has 0 saturated heterocycles. The fraction of sp³-hybridized carbons (Fsp3) is 0.286. The van der Waals surface area contributed by atoms with Gasteiger partial charge in [-0.3, -0.25) is 20.4 Å². The van der Waals surface area contributed by atoms with Crippen molar-refractivity contribution in [2.75, 3.05) is 0 Å². The zero-order chi connectivity index (χ0) is 20.5. The Balaban J connectivity index is 1.71. The molecule has 2 rings (SSSR count). The maximum Gasteiger partial charge on any atom is 0.279 e. The third kappa shape index (κ3) is 7.00. The average Bonchev–Trinajstić information content (AvgIpc) is 2.68. The van der Waals surface area contributed by atoms with E-state index in [1.165, 1.54) is 0 Å². The lowest BCUT2D eigenvalue weighted by Gasteiger charge is -2.17. The van der Waals surface area contributed by atoms with Crippen molar-refractivity contribution in [3.05, 3.63) is 65.2 Å². The Hall–Kier alpha value is -2.93. The predicted octanol–water partition coefficient (Wildman–Crippen LogP) is 2.73. The number of nitrogens with one attached hydrogen (secondary N) is 3. The quantitative estimate of drug-likeness (QED) is 0.514. The van der Waals surface area contributed by atoms with Gasteiger partial charge in [-0.1, -0.05) is 36.4 Å². The largest absolute Gasteiger partial charge is 0.481 e. The molecule has 1 unspecified atom stereocenters. The zero-order valence-electron chi connectivity index (χ0n) is 16.2. The molecule has 0 fully saturated rings. The lowest BCUT2D eigenvalue weighted by atomic mass is 10.1. The molecule has 28 heavy (non-hydrogen) atoms. The minimum absolute atomic E-state index is 0.0322. The molecule has 0 aliphatic rings. The van der Waals surface area contributed by atoms with Gasteiger partial charge in [-0.2, -0.15) is 0 Å². The van der Waals surface area contributed by atoms with Crippen LogP contribution in [0.4, 0.5) is 0 Å². The second-order valence-corrected chi connectivity index (χ2v) is 6.89. The molecule has 6 nitrogen and oxygen atoms in total. The second kappa shape index (κ2) is 10.4. The average molecular weight is 400 g/mol. The fourth-order valence-corrected chi connectivity index (χ4v) is 2.55. The fourth-order valence-electron chi connectivity index (χ4n) is 2.39. The molecule has 0 bridgehead atoms. The van der Waals surface area contributed by atoms with Crippen LogP contribution < -0.4 is 20.9 Å². The molecular formula is C21H25N3O3S. The van der Waals surface area contributed by atoms with Crippen molar-refractivity contribution < 1.29 is 14.3 Å². The van der Waals surface area contributed by atoms with Crippen molar-refractivity contribution in [2.24, 2.45) is 0 Å². The van der Waals surface area contributed by atoms with Gasteiger partial charge >= 0.3 is 0 Å².